The minimum atomic E-state index is 0.645. The fourth-order valence-corrected chi connectivity index (χ4v) is 4.55. The van der Waals surface area contributed by atoms with Crippen LogP contribution in [-0.2, 0) is 6.54 Å². The van der Waals surface area contributed by atoms with Crippen LogP contribution in [0.2, 0.25) is 0 Å². The van der Waals surface area contributed by atoms with Crippen LogP contribution in [0, 0.1) is 11.8 Å². The first-order valence-corrected chi connectivity index (χ1v) is 9.36. The Labute approximate surface area is 138 Å². The second-order valence-electron chi connectivity index (χ2n) is 6.49. The minimum absolute atomic E-state index is 0.645. The maximum atomic E-state index is 4.60. The normalized spacial score (nSPS) is 26.2. The van der Waals surface area contributed by atoms with Gasteiger partial charge in [0.1, 0.15) is 0 Å². The van der Waals surface area contributed by atoms with E-state index in [1.54, 1.807) is 0 Å². The SMILES string of the molecule is CCCC1CCC(CNC)C(c2c(Br)cnn2CCC)C1. The fourth-order valence-electron chi connectivity index (χ4n) is 3.96. The molecule has 1 fully saturated rings. The first-order chi connectivity index (χ1) is 10.2. The highest BCUT2D eigenvalue weighted by molar-refractivity contribution is 9.10. The summed E-state index contributed by atoms with van der Waals surface area (Å²) >= 11 is 3.76. The van der Waals surface area contributed by atoms with Crippen LogP contribution in [0.4, 0.5) is 0 Å². The van der Waals surface area contributed by atoms with Crippen molar-refractivity contribution in [3.63, 3.8) is 0 Å². The maximum absolute atomic E-state index is 4.60. The molecule has 3 nitrogen and oxygen atoms in total. The zero-order chi connectivity index (χ0) is 15.2. The van der Waals surface area contributed by atoms with Gasteiger partial charge in [-0.05, 0) is 60.6 Å². The first-order valence-electron chi connectivity index (χ1n) is 8.56. The summed E-state index contributed by atoms with van der Waals surface area (Å²) in [6, 6.07) is 0. The van der Waals surface area contributed by atoms with E-state index in [9.17, 15) is 0 Å². The van der Waals surface area contributed by atoms with Crippen LogP contribution in [0.1, 0.15) is 64.0 Å². The quantitative estimate of drug-likeness (QED) is 0.775. The van der Waals surface area contributed by atoms with E-state index >= 15 is 0 Å². The summed E-state index contributed by atoms with van der Waals surface area (Å²) in [5, 5.41) is 8.00. The van der Waals surface area contributed by atoms with E-state index in [0.717, 1.165) is 31.3 Å². The first kappa shape index (κ1) is 17.0. The highest BCUT2D eigenvalue weighted by atomic mass is 79.9. The van der Waals surface area contributed by atoms with Crippen molar-refractivity contribution in [2.75, 3.05) is 13.6 Å². The Hall–Kier alpha value is -0.350. The Morgan fingerprint density at radius 2 is 2.14 bits per heavy atom. The lowest BCUT2D eigenvalue weighted by atomic mass is 9.71. The van der Waals surface area contributed by atoms with Gasteiger partial charge in [-0.1, -0.05) is 33.1 Å². The molecule has 2 rings (SSSR count). The number of hydrogen-bond acceptors (Lipinski definition) is 2. The van der Waals surface area contributed by atoms with Gasteiger partial charge in [-0.25, -0.2) is 0 Å². The number of aromatic nitrogens is 2. The van der Waals surface area contributed by atoms with Crippen LogP contribution in [0.3, 0.4) is 0 Å². The molecule has 4 heteroatoms. The van der Waals surface area contributed by atoms with E-state index in [-0.39, 0.29) is 0 Å². The molecule has 0 spiro atoms. The van der Waals surface area contributed by atoms with Crippen LogP contribution in [-0.4, -0.2) is 23.4 Å². The molecule has 0 aliphatic heterocycles. The third-order valence-corrected chi connectivity index (χ3v) is 5.50. The molecule has 1 aromatic heterocycles. The largest absolute Gasteiger partial charge is 0.319 e. The lowest BCUT2D eigenvalue weighted by Gasteiger charge is -2.37. The highest BCUT2D eigenvalue weighted by Crippen LogP contribution is 2.44. The highest BCUT2D eigenvalue weighted by Gasteiger charge is 2.34. The van der Waals surface area contributed by atoms with E-state index in [1.807, 2.05) is 6.20 Å². The Morgan fingerprint density at radius 3 is 2.81 bits per heavy atom. The van der Waals surface area contributed by atoms with Gasteiger partial charge in [0.2, 0.25) is 0 Å². The average Bonchev–Trinajstić information content (AvgIpc) is 2.83. The number of nitrogens with zero attached hydrogens (tertiary/aromatic N) is 2. The molecular formula is C17H30BrN3. The molecule has 0 saturated heterocycles. The number of nitrogens with one attached hydrogen (secondary N) is 1. The Balaban J connectivity index is 2.24. The van der Waals surface area contributed by atoms with E-state index in [1.165, 1.54) is 42.3 Å². The van der Waals surface area contributed by atoms with Crippen molar-refractivity contribution in [3.8, 4) is 0 Å². The van der Waals surface area contributed by atoms with Gasteiger partial charge in [0.25, 0.3) is 0 Å². The fraction of sp³-hybridized carbons (Fsp3) is 0.824. The zero-order valence-corrected chi connectivity index (χ0v) is 15.3. The predicted molar refractivity (Wildman–Crippen MR) is 92.6 cm³/mol. The summed E-state index contributed by atoms with van der Waals surface area (Å²) in [4.78, 5) is 0. The van der Waals surface area contributed by atoms with Gasteiger partial charge in [0.05, 0.1) is 16.4 Å². The molecule has 21 heavy (non-hydrogen) atoms. The van der Waals surface area contributed by atoms with E-state index in [4.69, 9.17) is 0 Å². The molecule has 0 amide bonds. The van der Waals surface area contributed by atoms with Gasteiger partial charge in [-0.2, -0.15) is 5.10 Å². The summed E-state index contributed by atoms with van der Waals surface area (Å²) in [5.41, 5.74) is 1.44. The molecule has 1 saturated carbocycles. The summed E-state index contributed by atoms with van der Waals surface area (Å²) in [6.07, 6.45) is 9.89. The van der Waals surface area contributed by atoms with Crippen LogP contribution in [0.15, 0.2) is 10.7 Å². The van der Waals surface area contributed by atoms with Gasteiger partial charge in [-0.15, -0.1) is 0 Å². The minimum Gasteiger partial charge on any atom is -0.319 e. The van der Waals surface area contributed by atoms with Gasteiger partial charge in [0.15, 0.2) is 0 Å². The molecule has 0 aromatic carbocycles. The van der Waals surface area contributed by atoms with Gasteiger partial charge < -0.3 is 5.32 Å². The van der Waals surface area contributed by atoms with E-state index in [2.05, 4.69) is 51.9 Å². The number of halogens is 1. The van der Waals surface area contributed by atoms with Crippen LogP contribution < -0.4 is 5.32 Å². The van der Waals surface area contributed by atoms with Crippen LogP contribution in [0.25, 0.3) is 0 Å². The molecule has 0 bridgehead atoms. The lowest BCUT2D eigenvalue weighted by molar-refractivity contribution is 0.214. The van der Waals surface area contributed by atoms with E-state index < -0.39 is 0 Å². The molecule has 120 valence electrons. The molecule has 3 atom stereocenters. The average molecular weight is 356 g/mol. The Morgan fingerprint density at radius 1 is 1.33 bits per heavy atom. The van der Waals surface area contributed by atoms with Gasteiger partial charge >= 0.3 is 0 Å². The van der Waals surface area contributed by atoms with Crippen molar-refractivity contribution in [2.45, 2.75) is 64.8 Å². The van der Waals surface area contributed by atoms with Crippen molar-refractivity contribution in [2.24, 2.45) is 11.8 Å². The molecule has 0 radical (unpaired) electrons. The lowest BCUT2D eigenvalue weighted by Crippen LogP contribution is -2.32. The number of rotatable bonds is 7. The van der Waals surface area contributed by atoms with Gasteiger partial charge in [0, 0.05) is 12.5 Å². The zero-order valence-electron chi connectivity index (χ0n) is 13.7. The van der Waals surface area contributed by atoms with Crippen molar-refractivity contribution in [3.05, 3.63) is 16.4 Å². The Bertz CT molecular complexity index is 430. The molecular weight excluding hydrogens is 326 g/mol. The molecule has 1 aromatic rings. The summed E-state index contributed by atoms with van der Waals surface area (Å²) < 4.78 is 3.45. The monoisotopic (exact) mass is 355 g/mol. The molecule has 3 unspecified atom stereocenters. The standard InChI is InChI=1S/C17H30BrN3/c1-4-6-13-7-8-14(11-19-3)15(10-13)17-16(18)12-20-21(17)9-5-2/h12-15,19H,4-11H2,1-3H3. The van der Waals surface area contributed by atoms with E-state index in [0.29, 0.717) is 5.92 Å². The predicted octanol–water partition coefficient (Wildman–Crippen LogP) is 4.58. The third-order valence-electron chi connectivity index (χ3n) is 4.89. The molecule has 1 heterocycles. The van der Waals surface area contributed by atoms with Crippen molar-refractivity contribution < 1.29 is 0 Å². The third kappa shape index (κ3) is 4.10. The topological polar surface area (TPSA) is 29.9 Å². The second-order valence-corrected chi connectivity index (χ2v) is 7.35. The molecule has 1 aliphatic rings. The maximum Gasteiger partial charge on any atom is 0.0635 e. The molecule has 1 N–H and O–H groups in total. The van der Waals surface area contributed by atoms with Crippen molar-refractivity contribution >= 4 is 15.9 Å². The summed E-state index contributed by atoms with van der Waals surface area (Å²) in [5.74, 6) is 2.28. The number of aryl methyl sites for hydroxylation is 1. The summed E-state index contributed by atoms with van der Waals surface area (Å²) in [6.45, 7) is 6.69. The molecule has 1 aliphatic carbocycles. The van der Waals surface area contributed by atoms with Crippen LogP contribution in [0.5, 0.6) is 0 Å². The van der Waals surface area contributed by atoms with Crippen molar-refractivity contribution in [1.82, 2.24) is 15.1 Å². The van der Waals surface area contributed by atoms with Gasteiger partial charge in [-0.3, -0.25) is 4.68 Å². The Kier molecular flexibility index (Phi) is 6.74. The second kappa shape index (κ2) is 8.33. The number of hydrogen-bond donors (Lipinski definition) is 1. The smallest absolute Gasteiger partial charge is 0.0635 e. The summed E-state index contributed by atoms with van der Waals surface area (Å²) in [7, 11) is 2.08. The van der Waals surface area contributed by atoms with Crippen molar-refractivity contribution in [1.29, 1.82) is 0 Å². The van der Waals surface area contributed by atoms with Crippen LogP contribution >= 0.6 is 15.9 Å².